The fourth-order valence-corrected chi connectivity index (χ4v) is 4.40. The summed E-state index contributed by atoms with van der Waals surface area (Å²) in [4.78, 5) is 0.264. The van der Waals surface area contributed by atoms with Gasteiger partial charge in [-0.2, -0.15) is 0 Å². The van der Waals surface area contributed by atoms with E-state index in [0.29, 0.717) is 10.2 Å². The third kappa shape index (κ3) is 4.20. The Morgan fingerprint density at radius 2 is 1.70 bits per heavy atom. The van der Waals surface area contributed by atoms with Crippen LogP contribution in [-0.4, -0.2) is 14.5 Å². The van der Waals surface area contributed by atoms with E-state index in [-0.39, 0.29) is 10.9 Å². The van der Waals surface area contributed by atoms with Crippen molar-refractivity contribution in [2.45, 2.75) is 55.9 Å². The van der Waals surface area contributed by atoms with E-state index < -0.39 is 10.0 Å². The zero-order valence-electron chi connectivity index (χ0n) is 11.4. The van der Waals surface area contributed by atoms with Crippen molar-refractivity contribution < 1.29 is 8.42 Å². The van der Waals surface area contributed by atoms with Gasteiger partial charge in [0.1, 0.15) is 0 Å². The van der Waals surface area contributed by atoms with E-state index in [2.05, 4.69) is 20.7 Å². The molecule has 0 amide bonds. The van der Waals surface area contributed by atoms with Crippen LogP contribution in [0.3, 0.4) is 0 Å². The molecule has 0 saturated heterocycles. The molecule has 0 radical (unpaired) electrons. The van der Waals surface area contributed by atoms with Gasteiger partial charge in [0.25, 0.3) is 0 Å². The van der Waals surface area contributed by atoms with Gasteiger partial charge in [0.2, 0.25) is 10.0 Å². The van der Waals surface area contributed by atoms with Gasteiger partial charge in [-0.05, 0) is 47.0 Å². The fraction of sp³-hybridized carbons (Fsp3) is 0.571. The maximum absolute atomic E-state index is 12.4. The van der Waals surface area contributed by atoms with Crippen LogP contribution in [0.2, 0.25) is 0 Å². The van der Waals surface area contributed by atoms with Gasteiger partial charge in [0.05, 0.1) is 4.90 Å². The highest BCUT2D eigenvalue weighted by atomic mass is 79.9. The zero-order valence-corrected chi connectivity index (χ0v) is 13.8. The number of hydrogen-bond donors (Lipinski definition) is 2. The molecular weight excluding hydrogens is 340 g/mol. The van der Waals surface area contributed by atoms with Crippen LogP contribution in [0.1, 0.15) is 44.9 Å². The molecule has 2 rings (SSSR count). The van der Waals surface area contributed by atoms with Crippen LogP contribution in [0.5, 0.6) is 0 Å². The quantitative estimate of drug-likeness (QED) is 0.811. The highest BCUT2D eigenvalue weighted by Gasteiger charge is 2.21. The molecule has 1 aromatic carbocycles. The number of nitrogen functional groups attached to an aromatic ring is 1. The predicted octanol–water partition coefficient (Wildman–Crippen LogP) is 3.42. The second-order valence-corrected chi connectivity index (χ2v) is 7.91. The van der Waals surface area contributed by atoms with E-state index in [4.69, 9.17) is 5.73 Å². The molecule has 0 bridgehead atoms. The number of hydrogen-bond acceptors (Lipinski definition) is 3. The third-order valence-corrected chi connectivity index (χ3v) is 5.91. The average Bonchev–Trinajstić information content (AvgIpc) is 2.35. The van der Waals surface area contributed by atoms with E-state index in [9.17, 15) is 8.42 Å². The Bertz CT molecular complexity index is 552. The van der Waals surface area contributed by atoms with Gasteiger partial charge in [0.15, 0.2) is 0 Å². The summed E-state index contributed by atoms with van der Waals surface area (Å²) in [5.74, 6) is 0. The number of benzene rings is 1. The standard InChI is InChI=1S/C14H21BrN2O2S/c15-13-10-12(8-9-14(13)16)20(18,19)17-11-6-4-2-1-3-5-7-11/h8-11,17H,1-7,16H2. The van der Waals surface area contributed by atoms with Crippen molar-refractivity contribution in [1.29, 1.82) is 0 Å². The van der Waals surface area contributed by atoms with Crippen LogP contribution in [0.25, 0.3) is 0 Å². The lowest BCUT2D eigenvalue weighted by atomic mass is 9.97. The summed E-state index contributed by atoms with van der Waals surface area (Å²) >= 11 is 3.27. The Balaban J connectivity index is 2.10. The van der Waals surface area contributed by atoms with Gasteiger partial charge in [0, 0.05) is 16.2 Å². The summed E-state index contributed by atoms with van der Waals surface area (Å²) < 4.78 is 28.2. The normalized spacial score (nSPS) is 18.4. The topological polar surface area (TPSA) is 72.2 Å². The van der Waals surface area contributed by atoms with Gasteiger partial charge in [-0.3, -0.25) is 0 Å². The van der Waals surface area contributed by atoms with Crippen molar-refractivity contribution in [3.05, 3.63) is 22.7 Å². The molecular formula is C14H21BrN2O2S. The molecule has 20 heavy (non-hydrogen) atoms. The number of nitrogens with two attached hydrogens (primary N) is 1. The highest BCUT2D eigenvalue weighted by Crippen LogP contribution is 2.24. The Labute approximate surface area is 129 Å². The smallest absolute Gasteiger partial charge is 0.240 e. The molecule has 6 heteroatoms. The molecule has 3 N–H and O–H groups in total. The van der Waals surface area contributed by atoms with Crippen LogP contribution in [-0.2, 0) is 10.0 Å². The van der Waals surface area contributed by atoms with Gasteiger partial charge < -0.3 is 5.73 Å². The first-order valence-corrected chi connectivity index (χ1v) is 9.34. The molecule has 1 aromatic rings. The highest BCUT2D eigenvalue weighted by molar-refractivity contribution is 9.10. The molecule has 1 aliphatic carbocycles. The van der Waals surface area contributed by atoms with Crippen LogP contribution in [0.15, 0.2) is 27.6 Å². The number of rotatable bonds is 3. The summed E-state index contributed by atoms with van der Waals surface area (Å²) in [5.41, 5.74) is 6.23. The molecule has 0 aliphatic heterocycles. The van der Waals surface area contributed by atoms with Crippen molar-refractivity contribution in [1.82, 2.24) is 4.72 Å². The Kier molecular flexibility index (Phi) is 5.46. The first kappa shape index (κ1) is 15.8. The largest absolute Gasteiger partial charge is 0.398 e. The summed E-state index contributed by atoms with van der Waals surface area (Å²) in [6.07, 6.45) is 7.71. The van der Waals surface area contributed by atoms with E-state index in [1.165, 1.54) is 19.3 Å². The fourth-order valence-electron chi connectivity index (χ4n) is 2.54. The number of anilines is 1. The van der Waals surface area contributed by atoms with Gasteiger partial charge in [-0.25, -0.2) is 13.1 Å². The molecule has 0 heterocycles. The minimum absolute atomic E-state index is 0.0524. The van der Waals surface area contributed by atoms with Crippen molar-refractivity contribution >= 4 is 31.6 Å². The van der Waals surface area contributed by atoms with Crippen molar-refractivity contribution in [3.63, 3.8) is 0 Å². The van der Waals surface area contributed by atoms with Crippen molar-refractivity contribution in [2.75, 3.05) is 5.73 Å². The molecule has 112 valence electrons. The Morgan fingerprint density at radius 3 is 2.30 bits per heavy atom. The average molecular weight is 361 g/mol. The van der Waals surface area contributed by atoms with Gasteiger partial charge in [-0.1, -0.05) is 32.1 Å². The first-order chi connectivity index (χ1) is 9.49. The monoisotopic (exact) mass is 360 g/mol. The lowest BCUT2D eigenvalue weighted by molar-refractivity contribution is 0.426. The minimum atomic E-state index is -3.46. The van der Waals surface area contributed by atoms with Crippen LogP contribution in [0.4, 0.5) is 5.69 Å². The zero-order chi connectivity index (χ0) is 14.6. The van der Waals surface area contributed by atoms with Crippen LogP contribution in [0, 0.1) is 0 Å². The van der Waals surface area contributed by atoms with Gasteiger partial charge >= 0.3 is 0 Å². The summed E-state index contributed by atoms with van der Waals surface area (Å²) in [6, 6.07) is 4.76. The van der Waals surface area contributed by atoms with E-state index in [1.807, 2.05) is 0 Å². The summed E-state index contributed by atoms with van der Waals surface area (Å²) in [6.45, 7) is 0. The third-order valence-electron chi connectivity index (χ3n) is 3.71. The molecule has 1 aliphatic rings. The molecule has 0 atom stereocenters. The minimum Gasteiger partial charge on any atom is -0.398 e. The van der Waals surface area contributed by atoms with Crippen molar-refractivity contribution in [2.24, 2.45) is 0 Å². The second-order valence-electron chi connectivity index (χ2n) is 5.35. The predicted molar refractivity (Wildman–Crippen MR) is 85.0 cm³/mol. The molecule has 0 spiro atoms. The molecule has 0 aromatic heterocycles. The summed E-state index contributed by atoms with van der Waals surface area (Å²) in [5, 5.41) is 0. The van der Waals surface area contributed by atoms with E-state index >= 15 is 0 Å². The molecule has 4 nitrogen and oxygen atoms in total. The molecule has 1 fully saturated rings. The Morgan fingerprint density at radius 1 is 1.10 bits per heavy atom. The van der Waals surface area contributed by atoms with Gasteiger partial charge in [-0.15, -0.1) is 0 Å². The maximum atomic E-state index is 12.4. The lowest BCUT2D eigenvalue weighted by Gasteiger charge is -2.21. The lowest BCUT2D eigenvalue weighted by Crippen LogP contribution is -2.35. The second kappa shape index (κ2) is 6.91. The Hall–Kier alpha value is -0.590. The van der Waals surface area contributed by atoms with Crippen LogP contribution >= 0.6 is 15.9 Å². The number of halogens is 1. The summed E-state index contributed by atoms with van der Waals surface area (Å²) in [7, 11) is -3.46. The number of nitrogens with one attached hydrogen (secondary N) is 1. The SMILES string of the molecule is Nc1ccc(S(=O)(=O)NC2CCCCCCC2)cc1Br. The first-order valence-electron chi connectivity index (χ1n) is 7.06. The van der Waals surface area contributed by atoms with Crippen LogP contribution < -0.4 is 10.5 Å². The maximum Gasteiger partial charge on any atom is 0.240 e. The van der Waals surface area contributed by atoms with E-state index in [1.54, 1.807) is 18.2 Å². The van der Waals surface area contributed by atoms with Crippen molar-refractivity contribution in [3.8, 4) is 0 Å². The molecule has 0 unspecified atom stereocenters. The number of sulfonamides is 1. The molecule has 1 saturated carbocycles. The van der Waals surface area contributed by atoms with E-state index in [0.717, 1.165) is 25.7 Å².